The SMILES string of the molecule is CC(=O)Nc1ccc(NC(=O)c2noc(C)c2COc2ccccc2F)cc1. The molecule has 0 fully saturated rings. The number of carbonyl (C=O) groups excluding carboxylic acids is 2. The summed E-state index contributed by atoms with van der Waals surface area (Å²) in [5.74, 6) is -0.696. The van der Waals surface area contributed by atoms with E-state index >= 15 is 0 Å². The molecule has 0 atom stereocenters. The first kappa shape index (κ1) is 19.1. The van der Waals surface area contributed by atoms with Gasteiger partial charge in [0.25, 0.3) is 5.91 Å². The molecule has 2 amide bonds. The smallest absolute Gasteiger partial charge is 0.278 e. The minimum absolute atomic E-state index is 0.0553. The van der Waals surface area contributed by atoms with Gasteiger partial charge in [0, 0.05) is 18.3 Å². The minimum Gasteiger partial charge on any atom is -0.486 e. The zero-order chi connectivity index (χ0) is 20.1. The molecule has 28 heavy (non-hydrogen) atoms. The van der Waals surface area contributed by atoms with Gasteiger partial charge in [-0.15, -0.1) is 0 Å². The highest BCUT2D eigenvalue weighted by Crippen LogP contribution is 2.21. The third-order valence-corrected chi connectivity index (χ3v) is 3.87. The molecule has 0 saturated heterocycles. The number of nitrogens with zero attached hydrogens (tertiary/aromatic N) is 1. The number of benzene rings is 2. The molecule has 0 unspecified atom stereocenters. The number of anilines is 2. The molecule has 0 aliphatic rings. The summed E-state index contributed by atoms with van der Waals surface area (Å²) in [6.07, 6.45) is 0. The van der Waals surface area contributed by atoms with Crippen molar-refractivity contribution in [2.75, 3.05) is 10.6 Å². The molecule has 0 aliphatic heterocycles. The van der Waals surface area contributed by atoms with E-state index in [1.165, 1.54) is 19.1 Å². The Hall–Kier alpha value is -3.68. The van der Waals surface area contributed by atoms with E-state index in [4.69, 9.17) is 9.26 Å². The van der Waals surface area contributed by atoms with Crippen molar-refractivity contribution >= 4 is 23.2 Å². The largest absolute Gasteiger partial charge is 0.486 e. The third-order valence-electron chi connectivity index (χ3n) is 3.87. The van der Waals surface area contributed by atoms with Crippen molar-refractivity contribution in [1.29, 1.82) is 0 Å². The molecule has 0 bridgehead atoms. The standard InChI is InChI=1S/C20H18FN3O4/c1-12-16(11-27-18-6-4-3-5-17(18)21)19(24-28-12)20(26)23-15-9-7-14(8-10-15)22-13(2)25/h3-10H,11H2,1-2H3,(H,22,25)(H,23,26). The van der Waals surface area contributed by atoms with E-state index in [1.54, 1.807) is 43.3 Å². The zero-order valence-corrected chi connectivity index (χ0v) is 15.3. The first-order chi connectivity index (χ1) is 13.4. The fraction of sp³-hybridized carbons (Fsp3) is 0.150. The van der Waals surface area contributed by atoms with Crippen molar-refractivity contribution in [2.45, 2.75) is 20.5 Å². The Bertz CT molecular complexity index is 999. The highest BCUT2D eigenvalue weighted by Gasteiger charge is 2.21. The summed E-state index contributed by atoms with van der Waals surface area (Å²) < 4.78 is 24.3. The molecule has 0 saturated carbocycles. The Morgan fingerprint density at radius 3 is 2.36 bits per heavy atom. The molecule has 3 aromatic rings. The average Bonchev–Trinajstić information content (AvgIpc) is 3.03. The van der Waals surface area contributed by atoms with Gasteiger partial charge in [-0.1, -0.05) is 17.3 Å². The number of rotatable bonds is 6. The summed E-state index contributed by atoms with van der Waals surface area (Å²) in [7, 11) is 0. The lowest BCUT2D eigenvalue weighted by molar-refractivity contribution is -0.114. The second-order valence-corrected chi connectivity index (χ2v) is 6.00. The van der Waals surface area contributed by atoms with Gasteiger partial charge in [0.05, 0.1) is 5.56 Å². The lowest BCUT2D eigenvalue weighted by atomic mass is 10.2. The van der Waals surface area contributed by atoms with Crippen LogP contribution in [0, 0.1) is 12.7 Å². The first-order valence-electron chi connectivity index (χ1n) is 8.45. The topological polar surface area (TPSA) is 93.5 Å². The van der Waals surface area contributed by atoms with Gasteiger partial charge >= 0.3 is 0 Å². The van der Waals surface area contributed by atoms with Crippen molar-refractivity contribution < 1.29 is 23.2 Å². The van der Waals surface area contributed by atoms with Crippen LogP contribution in [-0.2, 0) is 11.4 Å². The van der Waals surface area contributed by atoms with E-state index in [9.17, 15) is 14.0 Å². The van der Waals surface area contributed by atoms with E-state index < -0.39 is 11.7 Å². The van der Waals surface area contributed by atoms with Gasteiger partial charge in [-0.2, -0.15) is 0 Å². The highest BCUT2D eigenvalue weighted by molar-refractivity contribution is 6.04. The molecule has 7 nitrogen and oxygen atoms in total. The van der Waals surface area contributed by atoms with Crippen LogP contribution in [0.4, 0.5) is 15.8 Å². The second-order valence-electron chi connectivity index (χ2n) is 6.00. The number of halogens is 1. The molecule has 1 aromatic heterocycles. The molecule has 2 aromatic carbocycles. The number of aryl methyl sites for hydroxylation is 1. The fourth-order valence-corrected chi connectivity index (χ4v) is 2.48. The van der Waals surface area contributed by atoms with Crippen LogP contribution in [0.1, 0.15) is 28.7 Å². The molecule has 8 heteroatoms. The summed E-state index contributed by atoms with van der Waals surface area (Å²) in [6, 6.07) is 12.6. The minimum atomic E-state index is -0.498. The number of hydrogen-bond acceptors (Lipinski definition) is 5. The van der Waals surface area contributed by atoms with Gasteiger partial charge in [0.2, 0.25) is 5.91 Å². The number of aromatic nitrogens is 1. The molecule has 0 aliphatic carbocycles. The van der Waals surface area contributed by atoms with Crippen LogP contribution in [0.3, 0.4) is 0 Å². The number of nitrogens with one attached hydrogen (secondary N) is 2. The summed E-state index contributed by atoms with van der Waals surface area (Å²) >= 11 is 0. The Labute approximate surface area is 160 Å². The molecule has 0 radical (unpaired) electrons. The van der Waals surface area contributed by atoms with E-state index in [-0.39, 0.29) is 24.0 Å². The maximum Gasteiger partial charge on any atom is 0.278 e. The van der Waals surface area contributed by atoms with Gasteiger partial charge in [0.1, 0.15) is 12.4 Å². The molecular formula is C20H18FN3O4. The quantitative estimate of drug-likeness (QED) is 0.673. The van der Waals surface area contributed by atoms with Crippen LogP contribution in [0.15, 0.2) is 53.1 Å². The van der Waals surface area contributed by atoms with E-state index in [1.807, 2.05) is 0 Å². The van der Waals surface area contributed by atoms with Crippen molar-refractivity contribution in [1.82, 2.24) is 5.16 Å². The maximum absolute atomic E-state index is 13.7. The Kier molecular flexibility index (Phi) is 5.69. The van der Waals surface area contributed by atoms with Crippen LogP contribution < -0.4 is 15.4 Å². The third kappa shape index (κ3) is 4.53. The molecule has 2 N–H and O–H groups in total. The normalized spacial score (nSPS) is 10.4. The summed E-state index contributed by atoms with van der Waals surface area (Å²) in [5.41, 5.74) is 1.61. The first-order valence-corrected chi connectivity index (χ1v) is 8.45. The van der Waals surface area contributed by atoms with Gasteiger partial charge < -0.3 is 19.9 Å². The number of ether oxygens (including phenoxy) is 1. The predicted molar refractivity (Wildman–Crippen MR) is 101 cm³/mol. The van der Waals surface area contributed by atoms with E-state index in [0.29, 0.717) is 22.7 Å². The van der Waals surface area contributed by atoms with Crippen molar-refractivity contribution in [3.63, 3.8) is 0 Å². The average molecular weight is 383 g/mol. The molecule has 1 heterocycles. The van der Waals surface area contributed by atoms with Gasteiger partial charge in [-0.3, -0.25) is 9.59 Å². The summed E-state index contributed by atoms with van der Waals surface area (Å²) in [4.78, 5) is 23.6. The van der Waals surface area contributed by atoms with Crippen molar-refractivity contribution in [3.8, 4) is 5.75 Å². The molecule has 0 spiro atoms. The highest BCUT2D eigenvalue weighted by atomic mass is 19.1. The number of hydrogen-bond donors (Lipinski definition) is 2. The Balaban J connectivity index is 1.70. The second kappa shape index (κ2) is 8.34. The number of amides is 2. The zero-order valence-electron chi connectivity index (χ0n) is 15.3. The lowest BCUT2D eigenvalue weighted by Crippen LogP contribution is -2.15. The fourth-order valence-electron chi connectivity index (χ4n) is 2.48. The van der Waals surface area contributed by atoms with Crippen LogP contribution in [0.2, 0.25) is 0 Å². The van der Waals surface area contributed by atoms with Crippen molar-refractivity contribution in [2.24, 2.45) is 0 Å². The molecular weight excluding hydrogens is 365 g/mol. The van der Waals surface area contributed by atoms with Crippen molar-refractivity contribution in [3.05, 3.63) is 71.4 Å². The predicted octanol–water partition coefficient (Wildman–Crippen LogP) is 3.91. The van der Waals surface area contributed by atoms with Crippen LogP contribution >= 0.6 is 0 Å². The Morgan fingerprint density at radius 1 is 1.07 bits per heavy atom. The molecule has 3 rings (SSSR count). The molecule has 144 valence electrons. The van der Waals surface area contributed by atoms with Gasteiger partial charge in [-0.05, 0) is 43.3 Å². The van der Waals surface area contributed by atoms with E-state index in [2.05, 4.69) is 15.8 Å². The summed E-state index contributed by atoms with van der Waals surface area (Å²) in [6.45, 7) is 2.99. The van der Waals surface area contributed by atoms with E-state index in [0.717, 1.165) is 0 Å². The van der Waals surface area contributed by atoms with Crippen LogP contribution in [0.25, 0.3) is 0 Å². The monoisotopic (exact) mass is 383 g/mol. The number of para-hydroxylation sites is 1. The Morgan fingerprint density at radius 2 is 1.71 bits per heavy atom. The van der Waals surface area contributed by atoms with Gasteiger partial charge in [0.15, 0.2) is 17.3 Å². The van der Waals surface area contributed by atoms with Crippen LogP contribution in [-0.4, -0.2) is 17.0 Å². The van der Waals surface area contributed by atoms with Gasteiger partial charge in [-0.25, -0.2) is 4.39 Å². The van der Waals surface area contributed by atoms with Crippen LogP contribution in [0.5, 0.6) is 5.75 Å². The number of carbonyl (C=O) groups is 2. The summed E-state index contributed by atoms with van der Waals surface area (Å²) in [5, 5.41) is 9.12. The lowest BCUT2D eigenvalue weighted by Gasteiger charge is -2.08. The maximum atomic E-state index is 13.7.